The number of nitrogens with zero attached hydrogens (tertiary/aromatic N) is 2. The van der Waals surface area contributed by atoms with Crippen LogP contribution < -0.4 is 4.90 Å². The number of hydrogen-bond acceptors (Lipinski definition) is 1. The third-order valence-electron chi connectivity index (χ3n) is 10.8. The Labute approximate surface area is 327 Å². The van der Waals surface area contributed by atoms with Crippen molar-refractivity contribution >= 4 is 38.9 Å². The molecule has 0 aliphatic carbocycles. The summed E-state index contributed by atoms with van der Waals surface area (Å²) in [4.78, 5) is 2.42. The van der Waals surface area contributed by atoms with E-state index in [9.17, 15) is 0 Å². The lowest BCUT2D eigenvalue weighted by Crippen LogP contribution is -2.10. The number of anilines is 3. The summed E-state index contributed by atoms with van der Waals surface area (Å²) in [5.74, 6) is 0. The van der Waals surface area contributed by atoms with Gasteiger partial charge < -0.3 is 9.47 Å². The van der Waals surface area contributed by atoms with E-state index in [0.29, 0.717) is 0 Å². The third-order valence-corrected chi connectivity index (χ3v) is 10.8. The van der Waals surface area contributed by atoms with Gasteiger partial charge in [0.2, 0.25) is 0 Å². The van der Waals surface area contributed by atoms with Gasteiger partial charge in [0.05, 0.1) is 22.4 Å². The zero-order valence-electron chi connectivity index (χ0n) is 30.8. The lowest BCUT2D eigenvalue weighted by molar-refractivity contribution is 1.18. The smallest absolute Gasteiger partial charge is 0.0618 e. The summed E-state index contributed by atoms with van der Waals surface area (Å²) >= 11 is 0. The van der Waals surface area contributed by atoms with E-state index < -0.39 is 0 Å². The molecule has 0 radical (unpaired) electrons. The first-order valence-electron chi connectivity index (χ1n) is 19.2. The number of rotatable bonds is 8. The molecule has 0 atom stereocenters. The number of aromatic nitrogens is 1. The van der Waals surface area contributed by atoms with Crippen LogP contribution in [0.4, 0.5) is 17.1 Å². The summed E-state index contributed by atoms with van der Waals surface area (Å²) in [5, 5.41) is 2.40. The largest absolute Gasteiger partial charge is 0.310 e. The van der Waals surface area contributed by atoms with Gasteiger partial charge in [-0.25, -0.2) is 0 Å². The molecule has 2 nitrogen and oxygen atoms in total. The van der Waals surface area contributed by atoms with Crippen LogP contribution in [0.5, 0.6) is 0 Å². The molecule has 264 valence electrons. The number of para-hydroxylation sites is 2. The molecule has 0 saturated carbocycles. The molecule has 0 bridgehead atoms. The van der Waals surface area contributed by atoms with Crippen molar-refractivity contribution in [2.45, 2.75) is 0 Å². The average Bonchev–Trinajstić information content (AvgIpc) is 3.62. The van der Waals surface area contributed by atoms with E-state index in [4.69, 9.17) is 0 Å². The molecule has 0 spiro atoms. The maximum atomic E-state index is 2.49. The first-order valence-corrected chi connectivity index (χ1v) is 19.2. The second-order valence-corrected chi connectivity index (χ2v) is 14.1. The highest BCUT2D eigenvalue weighted by Gasteiger charge is 2.24. The highest BCUT2D eigenvalue weighted by molar-refractivity contribution is 6.17. The Hall–Kier alpha value is -7.42. The second-order valence-electron chi connectivity index (χ2n) is 14.1. The van der Waals surface area contributed by atoms with Crippen LogP contribution >= 0.6 is 0 Å². The van der Waals surface area contributed by atoms with Crippen molar-refractivity contribution in [2.24, 2.45) is 0 Å². The fourth-order valence-corrected chi connectivity index (χ4v) is 8.21. The van der Waals surface area contributed by atoms with Crippen molar-refractivity contribution in [3.8, 4) is 50.2 Å². The molecule has 9 aromatic carbocycles. The molecule has 1 aromatic heterocycles. The molecule has 0 aliphatic rings. The highest BCUT2D eigenvalue weighted by Crippen LogP contribution is 2.47. The van der Waals surface area contributed by atoms with E-state index >= 15 is 0 Å². The van der Waals surface area contributed by atoms with E-state index in [2.05, 4.69) is 240 Å². The van der Waals surface area contributed by atoms with E-state index in [0.717, 1.165) is 28.1 Å². The van der Waals surface area contributed by atoms with Gasteiger partial charge >= 0.3 is 0 Å². The predicted molar refractivity (Wildman–Crippen MR) is 237 cm³/mol. The van der Waals surface area contributed by atoms with Crippen LogP contribution in [0, 0.1) is 0 Å². The summed E-state index contributed by atoms with van der Waals surface area (Å²) in [7, 11) is 0. The molecule has 10 rings (SSSR count). The molecule has 0 saturated heterocycles. The first-order chi connectivity index (χ1) is 27.8. The fourth-order valence-electron chi connectivity index (χ4n) is 8.21. The molecule has 0 unspecified atom stereocenters. The molecular formula is C54H38N2. The van der Waals surface area contributed by atoms with Crippen LogP contribution in [-0.2, 0) is 0 Å². The van der Waals surface area contributed by atoms with Crippen molar-refractivity contribution < 1.29 is 0 Å². The van der Waals surface area contributed by atoms with Crippen molar-refractivity contribution in [3.05, 3.63) is 231 Å². The predicted octanol–water partition coefficient (Wildman–Crippen LogP) is 14.9. The quantitative estimate of drug-likeness (QED) is 0.152. The Balaban J connectivity index is 1.24. The summed E-state index contributed by atoms with van der Waals surface area (Å²) in [5.41, 5.74) is 16.3. The van der Waals surface area contributed by atoms with E-state index in [1.54, 1.807) is 0 Å². The normalized spacial score (nSPS) is 11.2. The lowest BCUT2D eigenvalue weighted by Gasteiger charge is -2.27. The molecule has 1 heterocycles. The molecular weight excluding hydrogens is 677 g/mol. The van der Waals surface area contributed by atoms with Gasteiger partial charge in [-0.2, -0.15) is 0 Å². The maximum absolute atomic E-state index is 2.49. The summed E-state index contributed by atoms with van der Waals surface area (Å²) in [6.45, 7) is 0. The summed E-state index contributed by atoms with van der Waals surface area (Å²) in [6, 6.07) is 83.1. The van der Waals surface area contributed by atoms with Crippen LogP contribution in [0.1, 0.15) is 0 Å². The SMILES string of the molecule is c1ccc(-c2ccc(N(c3ccc(-c4ccccc4)cc3)c3cccc4c3c3ccccc3n4-c3c(-c4ccccc4)cccc3-c3ccccc3)cc2)cc1. The molecule has 0 amide bonds. The Kier molecular flexibility index (Phi) is 8.55. The molecule has 0 N–H and O–H groups in total. The first kappa shape index (κ1) is 33.2. The van der Waals surface area contributed by atoms with Gasteiger partial charge in [0.25, 0.3) is 0 Å². The van der Waals surface area contributed by atoms with Crippen LogP contribution in [0.2, 0.25) is 0 Å². The van der Waals surface area contributed by atoms with Crippen molar-refractivity contribution in [3.63, 3.8) is 0 Å². The van der Waals surface area contributed by atoms with Gasteiger partial charge in [-0.3, -0.25) is 0 Å². The molecule has 10 aromatic rings. The van der Waals surface area contributed by atoms with Crippen LogP contribution in [-0.4, -0.2) is 4.57 Å². The van der Waals surface area contributed by atoms with Crippen LogP contribution in [0.3, 0.4) is 0 Å². The van der Waals surface area contributed by atoms with Gasteiger partial charge in [-0.05, 0) is 75.8 Å². The average molecular weight is 715 g/mol. The van der Waals surface area contributed by atoms with Gasteiger partial charge in [0, 0.05) is 33.3 Å². The standard InChI is InChI=1S/C54H38N2/c1-5-17-39(18-6-1)41-31-35-45(36-32-41)55(46-37-33-42(34-38-46)40-19-7-2-8-20-40)51-29-16-30-52-53(51)49-25-13-14-28-50(49)56(52)54-47(43-21-9-3-10-22-43)26-15-27-48(54)44-23-11-4-12-24-44/h1-38H. The highest BCUT2D eigenvalue weighted by atomic mass is 15.1. The van der Waals surface area contributed by atoms with Crippen LogP contribution in [0.15, 0.2) is 231 Å². The summed E-state index contributed by atoms with van der Waals surface area (Å²) < 4.78 is 2.49. The molecule has 0 aliphatic heterocycles. The van der Waals surface area contributed by atoms with Crippen molar-refractivity contribution in [1.82, 2.24) is 4.57 Å². The Morgan fingerprint density at radius 3 is 1.18 bits per heavy atom. The molecule has 2 heteroatoms. The van der Waals surface area contributed by atoms with E-state index in [-0.39, 0.29) is 0 Å². The Bertz CT molecular complexity index is 2770. The minimum atomic E-state index is 1.09. The van der Waals surface area contributed by atoms with Gasteiger partial charge in [-0.15, -0.1) is 0 Å². The summed E-state index contributed by atoms with van der Waals surface area (Å²) in [6.07, 6.45) is 0. The molecule has 0 fully saturated rings. The zero-order chi connectivity index (χ0) is 37.3. The van der Waals surface area contributed by atoms with Crippen LogP contribution in [0.25, 0.3) is 72.0 Å². The maximum Gasteiger partial charge on any atom is 0.0618 e. The zero-order valence-corrected chi connectivity index (χ0v) is 30.8. The van der Waals surface area contributed by atoms with Gasteiger partial charge in [0.1, 0.15) is 0 Å². The third kappa shape index (κ3) is 5.95. The molecule has 56 heavy (non-hydrogen) atoms. The topological polar surface area (TPSA) is 8.17 Å². The van der Waals surface area contributed by atoms with Gasteiger partial charge in [-0.1, -0.05) is 188 Å². The van der Waals surface area contributed by atoms with Crippen molar-refractivity contribution in [2.75, 3.05) is 4.90 Å². The van der Waals surface area contributed by atoms with Gasteiger partial charge in [0.15, 0.2) is 0 Å². The number of hydrogen-bond donors (Lipinski definition) is 0. The number of fused-ring (bicyclic) bond motifs is 3. The Morgan fingerprint density at radius 2 is 0.679 bits per heavy atom. The second kappa shape index (κ2) is 14.4. The number of benzene rings is 9. The lowest BCUT2D eigenvalue weighted by atomic mass is 9.95. The van der Waals surface area contributed by atoms with Crippen molar-refractivity contribution in [1.29, 1.82) is 0 Å². The Morgan fingerprint density at radius 1 is 0.286 bits per heavy atom. The minimum Gasteiger partial charge on any atom is -0.310 e. The van der Waals surface area contributed by atoms with E-state index in [1.165, 1.54) is 61.0 Å². The fraction of sp³-hybridized carbons (Fsp3) is 0. The van der Waals surface area contributed by atoms with E-state index in [1.807, 2.05) is 0 Å². The minimum absolute atomic E-state index is 1.09. The monoisotopic (exact) mass is 714 g/mol.